The number of amides is 2. The van der Waals surface area contributed by atoms with E-state index in [0.717, 1.165) is 5.56 Å². The first-order valence-electron chi connectivity index (χ1n) is 8.32. The Morgan fingerprint density at radius 1 is 1.19 bits per heavy atom. The molecule has 0 fully saturated rings. The number of hydrogen-bond acceptors (Lipinski definition) is 3. The van der Waals surface area contributed by atoms with E-state index in [9.17, 15) is 14.0 Å². The third-order valence-corrected chi connectivity index (χ3v) is 4.22. The monoisotopic (exact) mass is 358 g/mol. The fraction of sp³-hybridized carbons (Fsp3) is 0.263. The molecule has 0 saturated carbocycles. The van der Waals surface area contributed by atoms with Crippen LogP contribution in [0, 0.1) is 5.82 Å². The third-order valence-electron chi connectivity index (χ3n) is 4.22. The van der Waals surface area contributed by atoms with Crippen LogP contribution in [0.1, 0.15) is 40.4 Å². The van der Waals surface area contributed by atoms with E-state index >= 15 is 0 Å². The highest BCUT2D eigenvalue weighted by molar-refractivity contribution is 5.87. The summed E-state index contributed by atoms with van der Waals surface area (Å²) in [6, 6.07) is 10.2. The zero-order valence-corrected chi connectivity index (χ0v) is 14.0. The minimum Gasteiger partial charge on any atom is -0.490 e. The lowest BCUT2D eigenvalue weighted by Gasteiger charge is -2.19. The number of carboxylic acid groups (broad SMARTS) is 1. The summed E-state index contributed by atoms with van der Waals surface area (Å²) in [5.41, 5.74) is 1.60. The van der Waals surface area contributed by atoms with Gasteiger partial charge in [0.1, 0.15) is 0 Å². The molecule has 0 saturated heterocycles. The molecule has 7 heteroatoms. The van der Waals surface area contributed by atoms with Gasteiger partial charge in [-0.2, -0.15) is 0 Å². The molecule has 1 aliphatic rings. The molecule has 26 heavy (non-hydrogen) atoms. The molecule has 2 aromatic rings. The number of para-hydroxylation sites is 1. The van der Waals surface area contributed by atoms with Crippen LogP contribution in [0.25, 0.3) is 0 Å². The fourth-order valence-electron chi connectivity index (χ4n) is 2.88. The number of carbonyl (C=O) groups excluding carboxylic acids is 1. The Hall–Kier alpha value is -3.09. The first kappa shape index (κ1) is 17.7. The maximum atomic E-state index is 13.9. The Kier molecular flexibility index (Phi) is 5.36. The molecule has 3 rings (SSSR count). The molecule has 0 bridgehead atoms. The van der Waals surface area contributed by atoms with Gasteiger partial charge in [-0.25, -0.2) is 14.0 Å². The van der Waals surface area contributed by atoms with Gasteiger partial charge in [0.25, 0.3) is 0 Å². The van der Waals surface area contributed by atoms with Crippen molar-refractivity contribution < 1.29 is 23.8 Å². The molecule has 2 amide bonds. The molecule has 1 unspecified atom stereocenters. The van der Waals surface area contributed by atoms with E-state index in [-0.39, 0.29) is 29.9 Å². The number of urea groups is 1. The fourth-order valence-corrected chi connectivity index (χ4v) is 2.88. The number of halogens is 1. The molecular weight excluding hydrogens is 339 g/mol. The van der Waals surface area contributed by atoms with E-state index in [4.69, 9.17) is 9.84 Å². The predicted octanol–water partition coefficient (Wildman–Crippen LogP) is 3.24. The second-order valence-corrected chi connectivity index (χ2v) is 6.03. The summed E-state index contributed by atoms with van der Waals surface area (Å²) in [5, 5.41) is 14.5. The minimum atomic E-state index is -0.997. The van der Waals surface area contributed by atoms with E-state index in [1.165, 1.54) is 18.2 Å². The SMILES string of the molecule is O=C(NCc1ccc(C(=O)O)cc1)NC1CCCOc2c(F)cccc21. The lowest BCUT2D eigenvalue weighted by molar-refractivity contribution is 0.0697. The van der Waals surface area contributed by atoms with Crippen LogP contribution in [0.5, 0.6) is 5.75 Å². The summed E-state index contributed by atoms with van der Waals surface area (Å²) in [5.74, 6) is -1.24. The van der Waals surface area contributed by atoms with E-state index in [1.54, 1.807) is 24.3 Å². The van der Waals surface area contributed by atoms with Crippen LogP contribution in [0.3, 0.4) is 0 Å². The highest BCUT2D eigenvalue weighted by Gasteiger charge is 2.23. The van der Waals surface area contributed by atoms with E-state index in [2.05, 4.69) is 10.6 Å². The average molecular weight is 358 g/mol. The number of benzene rings is 2. The molecule has 0 spiro atoms. The van der Waals surface area contributed by atoms with Crippen molar-refractivity contribution in [2.45, 2.75) is 25.4 Å². The Labute approximate surface area is 150 Å². The number of carbonyl (C=O) groups is 2. The molecule has 1 heterocycles. The van der Waals surface area contributed by atoms with Gasteiger partial charge in [-0.05, 0) is 36.6 Å². The number of hydrogen-bond donors (Lipinski definition) is 3. The van der Waals surface area contributed by atoms with Crippen molar-refractivity contribution in [3.05, 3.63) is 65.0 Å². The summed E-state index contributed by atoms with van der Waals surface area (Å²) < 4.78 is 19.4. The van der Waals surface area contributed by atoms with Gasteiger partial charge in [0.2, 0.25) is 0 Å². The number of ether oxygens (including phenoxy) is 1. The second-order valence-electron chi connectivity index (χ2n) is 6.03. The molecule has 3 N–H and O–H groups in total. The first-order chi connectivity index (χ1) is 12.5. The summed E-state index contributed by atoms with van der Waals surface area (Å²) in [4.78, 5) is 23.1. The van der Waals surface area contributed by atoms with Crippen molar-refractivity contribution in [2.75, 3.05) is 6.61 Å². The van der Waals surface area contributed by atoms with Gasteiger partial charge >= 0.3 is 12.0 Å². The molecule has 0 aromatic heterocycles. The number of carboxylic acids is 1. The van der Waals surface area contributed by atoms with Gasteiger partial charge in [-0.3, -0.25) is 0 Å². The molecule has 0 radical (unpaired) electrons. The van der Waals surface area contributed by atoms with Crippen molar-refractivity contribution in [2.24, 2.45) is 0 Å². The van der Waals surface area contributed by atoms with Crippen LogP contribution in [0.4, 0.5) is 9.18 Å². The Bertz CT molecular complexity index is 808. The third kappa shape index (κ3) is 4.11. The quantitative estimate of drug-likeness (QED) is 0.783. The van der Waals surface area contributed by atoms with Crippen LogP contribution in [0.15, 0.2) is 42.5 Å². The van der Waals surface area contributed by atoms with E-state index < -0.39 is 11.8 Å². The smallest absolute Gasteiger partial charge is 0.335 e. The summed E-state index contributed by atoms with van der Waals surface area (Å²) in [6.45, 7) is 0.661. The van der Waals surface area contributed by atoms with Gasteiger partial charge in [0.05, 0.1) is 18.2 Å². The molecule has 136 valence electrons. The van der Waals surface area contributed by atoms with Crippen LogP contribution in [-0.2, 0) is 6.54 Å². The minimum absolute atomic E-state index is 0.190. The summed E-state index contributed by atoms with van der Waals surface area (Å²) in [7, 11) is 0. The van der Waals surface area contributed by atoms with Gasteiger partial charge < -0.3 is 20.5 Å². The molecule has 1 aliphatic heterocycles. The average Bonchev–Trinajstić information content (AvgIpc) is 2.84. The van der Waals surface area contributed by atoms with Gasteiger partial charge in [0, 0.05) is 12.1 Å². The van der Waals surface area contributed by atoms with E-state index in [0.29, 0.717) is 25.0 Å². The van der Waals surface area contributed by atoms with Crippen LogP contribution >= 0.6 is 0 Å². The van der Waals surface area contributed by atoms with Crippen molar-refractivity contribution >= 4 is 12.0 Å². The topological polar surface area (TPSA) is 87.7 Å². The van der Waals surface area contributed by atoms with Gasteiger partial charge in [-0.15, -0.1) is 0 Å². The molecule has 6 nitrogen and oxygen atoms in total. The van der Waals surface area contributed by atoms with Crippen LogP contribution in [-0.4, -0.2) is 23.7 Å². The largest absolute Gasteiger partial charge is 0.490 e. The van der Waals surface area contributed by atoms with Gasteiger partial charge in [-0.1, -0.05) is 24.3 Å². The van der Waals surface area contributed by atoms with Crippen molar-refractivity contribution in [1.29, 1.82) is 0 Å². The first-order valence-corrected chi connectivity index (χ1v) is 8.32. The lowest BCUT2D eigenvalue weighted by atomic mass is 10.0. The molecule has 1 atom stereocenters. The molecule has 0 aliphatic carbocycles. The number of nitrogens with one attached hydrogen (secondary N) is 2. The summed E-state index contributed by atoms with van der Waals surface area (Å²) in [6.07, 6.45) is 1.35. The maximum absolute atomic E-state index is 13.9. The number of aromatic carboxylic acids is 1. The van der Waals surface area contributed by atoms with Crippen molar-refractivity contribution in [1.82, 2.24) is 10.6 Å². The van der Waals surface area contributed by atoms with Gasteiger partial charge in [0.15, 0.2) is 11.6 Å². The van der Waals surface area contributed by atoms with Crippen LogP contribution < -0.4 is 15.4 Å². The van der Waals surface area contributed by atoms with Crippen LogP contribution in [0.2, 0.25) is 0 Å². The summed E-state index contributed by atoms with van der Waals surface area (Å²) >= 11 is 0. The normalized spacial score (nSPS) is 16.0. The number of fused-ring (bicyclic) bond motifs is 1. The molecule has 2 aromatic carbocycles. The number of rotatable bonds is 4. The second kappa shape index (κ2) is 7.86. The lowest BCUT2D eigenvalue weighted by Crippen LogP contribution is -2.37. The van der Waals surface area contributed by atoms with E-state index in [1.807, 2.05) is 0 Å². The highest BCUT2D eigenvalue weighted by Crippen LogP contribution is 2.33. The van der Waals surface area contributed by atoms with Crippen molar-refractivity contribution in [3.8, 4) is 5.75 Å². The highest BCUT2D eigenvalue weighted by atomic mass is 19.1. The Morgan fingerprint density at radius 3 is 2.69 bits per heavy atom. The zero-order chi connectivity index (χ0) is 18.5. The Morgan fingerprint density at radius 2 is 1.96 bits per heavy atom. The Balaban J connectivity index is 1.61. The standard InChI is InChI=1S/C19H19FN2O4/c20-15-4-1-3-14-16(5-2-10-26-17(14)15)22-19(25)21-11-12-6-8-13(9-7-12)18(23)24/h1,3-4,6-9,16H,2,5,10-11H2,(H,23,24)(H2,21,22,25). The zero-order valence-electron chi connectivity index (χ0n) is 14.0. The maximum Gasteiger partial charge on any atom is 0.335 e. The predicted molar refractivity (Wildman–Crippen MR) is 92.6 cm³/mol. The molecular formula is C19H19FN2O4. The van der Waals surface area contributed by atoms with Crippen molar-refractivity contribution in [3.63, 3.8) is 0 Å².